The molecule has 0 aliphatic carbocycles. The Morgan fingerprint density at radius 3 is 2.52 bits per heavy atom. The van der Waals surface area contributed by atoms with Crippen LogP contribution in [0.2, 0.25) is 0 Å². The van der Waals surface area contributed by atoms with Crippen molar-refractivity contribution in [3.8, 4) is 5.88 Å². The van der Waals surface area contributed by atoms with E-state index >= 15 is 0 Å². The van der Waals surface area contributed by atoms with Crippen LogP contribution in [0, 0.1) is 0 Å². The average Bonchev–Trinajstić information content (AvgIpc) is 3.21. The number of carbonyl (C=O) groups is 1. The molecule has 4 heterocycles. The summed E-state index contributed by atoms with van der Waals surface area (Å²) in [5, 5.41) is 4.28. The zero-order valence-electron chi connectivity index (χ0n) is 14.6. The van der Waals surface area contributed by atoms with Crippen LogP contribution in [0.25, 0.3) is 0 Å². The highest BCUT2D eigenvalue weighted by atomic mass is 16.5. The number of carbonyl (C=O) groups excluding carboxylic acids is 1. The molecule has 0 aromatic carbocycles. The molecule has 0 spiro atoms. The van der Waals surface area contributed by atoms with Gasteiger partial charge in [0.2, 0.25) is 5.88 Å². The molecule has 7 heteroatoms. The maximum absolute atomic E-state index is 13.0. The van der Waals surface area contributed by atoms with Crippen molar-refractivity contribution in [1.29, 1.82) is 0 Å². The first-order valence-corrected chi connectivity index (χ1v) is 8.91. The van der Waals surface area contributed by atoms with E-state index in [0.29, 0.717) is 17.5 Å². The normalized spacial score (nSPS) is 25.4. The van der Waals surface area contributed by atoms with Crippen LogP contribution in [0.1, 0.15) is 55.9 Å². The number of amides is 1. The van der Waals surface area contributed by atoms with E-state index in [2.05, 4.69) is 20.0 Å². The molecule has 25 heavy (non-hydrogen) atoms. The van der Waals surface area contributed by atoms with Crippen LogP contribution in [0.15, 0.2) is 31.0 Å². The van der Waals surface area contributed by atoms with Crippen molar-refractivity contribution >= 4 is 5.91 Å². The van der Waals surface area contributed by atoms with E-state index in [1.807, 2.05) is 24.6 Å². The Bertz CT molecular complexity index is 714. The number of fused-ring (bicyclic) bond motifs is 2. The summed E-state index contributed by atoms with van der Waals surface area (Å²) in [5.41, 5.74) is 0.632. The Hall–Kier alpha value is -2.44. The number of ether oxygens (including phenoxy) is 1. The van der Waals surface area contributed by atoms with Gasteiger partial charge in [-0.2, -0.15) is 5.10 Å². The van der Waals surface area contributed by atoms with Gasteiger partial charge in [-0.15, -0.1) is 0 Å². The van der Waals surface area contributed by atoms with Crippen molar-refractivity contribution in [2.75, 3.05) is 0 Å². The van der Waals surface area contributed by atoms with Crippen molar-refractivity contribution in [1.82, 2.24) is 24.6 Å². The maximum atomic E-state index is 13.0. The van der Waals surface area contributed by atoms with Crippen LogP contribution in [0.4, 0.5) is 0 Å². The van der Waals surface area contributed by atoms with E-state index in [1.54, 1.807) is 24.9 Å². The minimum absolute atomic E-state index is 0.0701. The number of pyridine rings is 1. The predicted octanol–water partition coefficient (Wildman–Crippen LogP) is 2.47. The molecular weight excluding hydrogens is 318 g/mol. The third-order valence-electron chi connectivity index (χ3n) is 5.09. The molecule has 2 saturated heterocycles. The van der Waals surface area contributed by atoms with Gasteiger partial charge in [-0.25, -0.2) is 14.6 Å². The Labute approximate surface area is 147 Å². The molecule has 2 unspecified atom stereocenters. The molecule has 0 saturated carbocycles. The minimum Gasteiger partial charge on any atom is -0.475 e. The molecule has 2 atom stereocenters. The number of piperidine rings is 1. The number of aromatic nitrogens is 4. The number of hydrogen-bond donors (Lipinski definition) is 0. The lowest BCUT2D eigenvalue weighted by molar-refractivity contribution is 0.0523. The SMILES string of the molecule is CC(C)Oc1ccc(C(=O)N2C3CCC2CC(n2cncn2)C3)cn1. The first-order chi connectivity index (χ1) is 12.1. The lowest BCUT2D eigenvalue weighted by Gasteiger charge is -2.38. The molecule has 2 fully saturated rings. The van der Waals surface area contributed by atoms with Gasteiger partial charge in [-0.1, -0.05) is 0 Å². The van der Waals surface area contributed by atoms with E-state index in [-0.39, 0.29) is 24.1 Å². The third kappa shape index (κ3) is 3.10. The Kier molecular flexibility index (Phi) is 4.15. The highest BCUT2D eigenvalue weighted by Crippen LogP contribution is 2.41. The fraction of sp³-hybridized carbons (Fsp3) is 0.556. The summed E-state index contributed by atoms with van der Waals surface area (Å²) in [5.74, 6) is 0.632. The van der Waals surface area contributed by atoms with E-state index in [1.165, 1.54) is 0 Å². The Morgan fingerprint density at radius 1 is 1.20 bits per heavy atom. The smallest absolute Gasteiger partial charge is 0.255 e. The molecule has 2 aliphatic rings. The van der Waals surface area contributed by atoms with Gasteiger partial charge in [-0.3, -0.25) is 4.79 Å². The van der Waals surface area contributed by atoms with Gasteiger partial charge in [-0.05, 0) is 45.6 Å². The van der Waals surface area contributed by atoms with Gasteiger partial charge in [0.25, 0.3) is 5.91 Å². The molecule has 2 aliphatic heterocycles. The minimum atomic E-state index is 0.0701. The summed E-state index contributed by atoms with van der Waals surface area (Å²) in [6.07, 6.45) is 9.04. The van der Waals surface area contributed by atoms with Crippen molar-refractivity contribution in [2.45, 2.75) is 63.8 Å². The summed E-state index contributed by atoms with van der Waals surface area (Å²) in [4.78, 5) is 23.4. The molecule has 0 N–H and O–H groups in total. The first kappa shape index (κ1) is 16.1. The van der Waals surface area contributed by atoms with Crippen molar-refractivity contribution in [2.24, 2.45) is 0 Å². The van der Waals surface area contributed by atoms with Crippen LogP contribution in [0.5, 0.6) is 5.88 Å². The maximum Gasteiger partial charge on any atom is 0.255 e. The molecule has 2 bridgehead atoms. The van der Waals surface area contributed by atoms with Gasteiger partial charge in [0, 0.05) is 24.3 Å². The largest absolute Gasteiger partial charge is 0.475 e. The molecule has 2 aromatic rings. The topological polar surface area (TPSA) is 73.1 Å². The second-order valence-corrected chi connectivity index (χ2v) is 7.15. The lowest BCUT2D eigenvalue weighted by Crippen LogP contribution is -2.47. The van der Waals surface area contributed by atoms with Crippen molar-refractivity contribution < 1.29 is 9.53 Å². The molecule has 132 valence electrons. The van der Waals surface area contributed by atoms with E-state index in [9.17, 15) is 4.79 Å². The van der Waals surface area contributed by atoms with Crippen molar-refractivity contribution in [3.05, 3.63) is 36.5 Å². The summed E-state index contributed by atoms with van der Waals surface area (Å²) in [6, 6.07) is 4.47. The van der Waals surface area contributed by atoms with Crippen LogP contribution >= 0.6 is 0 Å². The van der Waals surface area contributed by atoms with E-state index < -0.39 is 0 Å². The van der Waals surface area contributed by atoms with E-state index in [0.717, 1.165) is 25.7 Å². The molecule has 2 aromatic heterocycles. The first-order valence-electron chi connectivity index (χ1n) is 8.91. The third-order valence-corrected chi connectivity index (χ3v) is 5.09. The number of hydrogen-bond acceptors (Lipinski definition) is 5. The zero-order valence-corrected chi connectivity index (χ0v) is 14.6. The van der Waals surface area contributed by atoms with Crippen LogP contribution in [-0.2, 0) is 0 Å². The van der Waals surface area contributed by atoms with Crippen LogP contribution < -0.4 is 4.74 Å². The van der Waals surface area contributed by atoms with Crippen LogP contribution in [-0.4, -0.2) is 48.7 Å². The quantitative estimate of drug-likeness (QED) is 0.854. The Balaban J connectivity index is 1.48. The highest BCUT2D eigenvalue weighted by molar-refractivity contribution is 5.94. The van der Waals surface area contributed by atoms with Gasteiger partial charge in [0.1, 0.15) is 12.7 Å². The van der Waals surface area contributed by atoms with Gasteiger partial charge < -0.3 is 9.64 Å². The molecule has 1 amide bonds. The standard InChI is InChI=1S/C18H23N5O2/c1-12(2)25-17-6-3-13(9-20-17)18(24)23-14-4-5-15(23)8-16(7-14)22-11-19-10-21-22/h3,6,9-12,14-16H,4-5,7-8H2,1-2H3. The Morgan fingerprint density at radius 2 is 1.96 bits per heavy atom. The average molecular weight is 341 g/mol. The van der Waals surface area contributed by atoms with Crippen LogP contribution in [0.3, 0.4) is 0 Å². The fourth-order valence-electron chi connectivity index (χ4n) is 4.07. The fourth-order valence-corrected chi connectivity index (χ4v) is 4.07. The highest BCUT2D eigenvalue weighted by Gasteiger charge is 2.44. The van der Waals surface area contributed by atoms with E-state index in [4.69, 9.17) is 4.74 Å². The summed E-state index contributed by atoms with van der Waals surface area (Å²) in [7, 11) is 0. The lowest BCUT2D eigenvalue weighted by atomic mass is 9.96. The summed E-state index contributed by atoms with van der Waals surface area (Å²) < 4.78 is 7.49. The second kappa shape index (κ2) is 6.46. The summed E-state index contributed by atoms with van der Waals surface area (Å²) in [6.45, 7) is 3.91. The molecule has 7 nitrogen and oxygen atoms in total. The number of rotatable bonds is 4. The van der Waals surface area contributed by atoms with Gasteiger partial charge >= 0.3 is 0 Å². The molecular formula is C18H23N5O2. The molecule has 4 rings (SSSR count). The molecule has 0 radical (unpaired) electrons. The zero-order chi connectivity index (χ0) is 17.4. The number of nitrogens with zero attached hydrogens (tertiary/aromatic N) is 5. The van der Waals surface area contributed by atoms with Gasteiger partial charge in [0.05, 0.1) is 17.7 Å². The monoisotopic (exact) mass is 341 g/mol. The predicted molar refractivity (Wildman–Crippen MR) is 91.3 cm³/mol. The van der Waals surface area contributed by atoms with Gasteiger partial charge in [0.15, 0.2) is 0 Å². The second-order valence-electron chi connectivity index (χ2n) is 7.15. The van der Waals surface area contributed by atoms with Crippen molar-refractivity contribution in [3.63, 3.8) is 0 Å². The summed E-state index contributed by atoms with van der Waals surface area (Å²) >= 11 is 0.